The lowest BCUT2D eigenvalue weighted by molar-refractivity contribution is 0.0946. The highest BCUT2D eigenvalue weighted by Gasteiger charge is 2.22. The lowest BCUT2D eigenvalue weighted by Gasteiger charge is -2.37. The van der Waals surface area contributed by atoms with Gasteiger partial charge in [0.25, 0.3) is 5.91 Å². The van der Waals surface area contributed by atoms with Crippen LogP contribution in [0.2, 0.25) is 5.02 Å². The third kappa shape index (κ3) is 5.76. The molecule has 1 amide bonds. The van der Waals surface area contributed by atoms with Crippen LogP contribution in [-0.4, -0.2) is 59.6 Å². The molecule has 1 N–H and O–H groups in total. The molecule has 3 aromatic rings. The molecular weight excluding hydrogens is 470 g/mol. The van der Waals surface area contributed by atoms with E-state index in [0.29, 0.717) is 12.2 Å². The highest BCUT2D eigenvalue weighted by atomic mass is 35.5. The molecule has 1 aromatic heterocycles. The van der Waals surface area contributed by atoms with Gasteiger partial charge in [-0.05, 0) is 69.5 Å². The maximum atomic E-state index is 13.0. The summed E-state index contributed by atoms with van der Waals surface area (Å²) in [5.74, 6) is 0.862. The van der Waals surface area contributed by atoms with Crippen molar-refractivity contribution >= 4 is 23.2 Å². The molecule has 1 fully saturated rings. The van der Waals surface area contributed by atoms with Gasteiger partial charge in [0.2, 0.25) is 0 Å². The Labute approximate surface area is 220 Å². The fourth-order valence-corrected chi connectivity index (χ4v) is 5.21. The Kier molecular flexibility index (Phi) is 8.70. The predicted octanol–water partition coefficient (Wildman–Crippen LogP) is 5.35. The molecule has 0 atom stereocenters. The van der Waals surface area contributed by atoms with E-state index in [1.807, 2.05) is 31.2 Å². The number of rotatable bonds is 9. The lowest BCUT2D eigenvalue weighted by atomic mass is 10.1. The molecule has 0 radical (unpaired) electrons. The van der Waals surface area contributed by atoms with Gasteiger partial charge in [-0.25, -0.2) is 4.98 Å². The molecule has 0 spiro atoms. The Bertz CT molecular complexity index is 1200. The molecule has 1 aliphatic heterocycles. The molecule has 6 nitrogen and oxygen atoms in total. The largest absolute Gasteiger partial charge is 0.369 e. The molecule has 0 aliphatic carbocycles. The number of nitrogens with zero attached hydrogens (tertiary/aromatic N) is 4. The van der Waals surface area contributed by atoms with Crippen LogP contribution in [0.1, 0.15) is 52.9 Å². The van der Waals surface area contributed by atoms with Gasteiger partial charge in [-0.1, -0.05) is 42.8 Å². The van der Waals surface area contributed by atoms with Crippen LogP contribution in [0.3, 0.4) is 0 Å². The fourth-order valence-electron chi connectivity index (χ4n) is 5.04. The number of benzene rings is 2. The highest BCUT2D eigenvalue weighted by Crippen LogP contribution is 2.27. The molecule has 0 bridgehead atoms. The third-order valence-corrected chi connectivity index (χ3v) is 7.52. The molecule has 0 unspecified atom stereocenters. The zero-order valence-corrected chi connectivity index (χ0v) is 22.7. The van der Waals surface area contributed by atoms with Gasteiger partial charge in [-0.2, -0.15) is 0 Å². The van der Waals surface area contributed by atoms with E-state index in [1.54, 1.807) is 0 Å². The van der Waals surface area contributed by atoms with Gasteiger partial charge in [0, 0.05) is 55.5 Å². The summed E-state index contributed by atoms with van der Waals surface area (Å²) in [7, 11) is 0. The van der Waals surface area contributed by atoms with E-state index in [-0.39, 0.29) is 5.91 Å². The van der Waals surface area contributed by atoms with Crippen molar-refractivity contribution < 1.29 is 4.79 Å². The van der Waals surface area contributed by atoms with Crippen molar-refractivity contribution in [3.05, 3.63) is 75.8 Å². The lowest BCUT2D eigenvalue weighted by Crippen LogP contribution is -2.47. The quantitative estimate of drug-likeness (QED) is 0.397. The van der Waals surface area contributed by atoms with Crippen LogP contribution in [0.15, 0.2) is 42.5 Å². The minimum Gasteiger partial charge on any atom is -0.369 e. The molecule has 36 heavy (non-hydrogen) atoms. The second kappa shape index (κ2) is 11.9. The van der Waals surface area contributed by atoms with Crippen LogP contribution in [0.4, 0.5) is 5.69 Å². The van der Waals surface area contributed by atoms with E-state index in [0.717, 1.165) is 79.8 Å². The van der Waals surface area contributed by atoms with E-state index in [4.69, 9.17) is 16.6 Å². The monoisotopic (exact) mass is 507 g/mol. The van der Waals surface area contributed by atoms with Crippen molar-refractivity contribution in [1.29, 1.82) is 0 Å². The summed E-state index contributed by atoms with van der Waals surface area (Å²) in [5, 5.41) is 3.94. The molecule has 2 heterocycles. The van der Waals surface area contributed by atoms with Crippen molar-refractivity contribution in [3.63, 3.8) is 0 Å². The number of halogens is 1. The van der Waals surface area contributed by atoms with Gasteiger partial charge in [-0.15, -0.1) is 0 Å². The maximum Gasteiger partial charge on any atom is 0.271 e. The summed E-state index contributed by atoms with van der Waals surface area (Å²) in [6.45, 7) is 13.9. The Hall–Kier alpha value is -2.83. The van der Waals surface area contributed by atoms with E-state index in [1.165, 1.54) is 11.3 Å². The van der Waals surface area contributed by atoms with Crippen molar-refractivity contribution in [2.75, 3.05) is 44.2 Å². The second-order valence-corrected chi connectivity index (χ2v) is 10.1. The minimum atomic E-state index is -0.0848. The molecular formula is C29H38ClN5O. The first-order valence-corrected chi connectivity index (χ1v) is 13.4. The Morgan fingerprint density at radius 3 is 2.44 bits per heavy atom. The average Bonchev–Trinajstić information content (AvgIpc) is 3.20. The number of anilines is 1. The first kappa shape index (κ1) is 26.2. The van der Waals surface area contributed by atoms with Gasteiger partial charge in [-0.3, -0.25) is 14.3 Å². The average molecular weight is 508 g/mol. The number of hydrogen-bond donors (Lipinski definition) is 1. The zero-order chi connectivity index (χ0) is 25.7. The number of aromatic nitrogens is 2. The van der Waals surface area contributed by atoms with E-state index in [9.17, 15) is 4.79 Å². The second-order valence-electron chi connectivity index (χ2n) is 9.66. The number of piperazine rings is 1. The van der Waals surface area contributed by atoms with Crippen molar-refractivity contribution in [1.82, 2.24) is 19.8 Å². The Balaban J connectivity index is 1.30. The minimum absolute atomic E-state index is 0.0848. The number of nitrogens with one attached hydrogen (secondary N) is 1. The van der Waals surface area contributed by atoms with Crippen molar-refractivity contribution in [3.8, 4) is 5.69 Å². The number of carbonyl (C=O) groups is 1. The number of hydrogen-bond acceptors (Lipinski definition) is 4. The molecule has 1 aliphatic rings. The summed E-state index contributed by atoms with van der Waals surface area (Å²) < 4.78 is 2.15. The molecule has 7 heteroatoms. The van der Waals surface area contributed by atoms with Crippen LogP contribution < -0.4 is 10.2 Å². The van der Waals surface area contributed by atoms with E-state index in [2.05, 4.69) is 58.7 Å². The Morgan fingerprint density at radius 2 is 1.72 bits per heavy atom. The van der Waals surface area contributed by atoms with Gasteiger partial charge in [0.15, 0.2) is 0 Å². The molecule has 2 aromatic carbocycles. The highest BCUT2D eigenvalue weighted by molar-refractivity contribution is 6.31. The topological polar surface area (TPSA) is 53.4 Å². The third-order valence-electron chi connectivity index (χ3n) is 7.11. The first-order chi connectivity index (χ1) is 17.4. The summed E-state index contributed by atoms with van der Waals surface area (Å²) in [6.07, 6.45) is 2.73. The molecule has 4 rings (SSSR count). The number of amides is 1. The summed E-state index contributed by atoms with van der Waals surface area (Å²) >= 11 is 6.31. The number of para-hydroxylation sites is 1. The van der Waals surface area contributed by atoms with Crippen LogP contribution in [-0.2, 0) is 6.42 Å². The summed E-state index contributed by atoms with van der Waals surface area (Å²) in [6, 6.07) is 14.4. The van der Waals surface area contributed by atoms with Crippen LogP contribution in [0, 0.1) is 20.8 Å². The number of imidazole rings is 1. The molecule has 0 saturated carbocycles. The van der Waals surface area contributed by atoms with Crippen LogP contribution in [0.25, 0.3) is 5.69 Å². The van der Waals surface area contributed by atoms with Crippen molar-refractivity contribution in [2.45, 2.75) is 47.0 Å². The zero-order valence-electron chi connectivity index (χ0n) is 22.0. The standard InChI is InChI=1S/C29H38ClN5O/c1-5-10-27-32-28(23(4)35(27)25-13-7-6-11-21(25)2)29(36)31-15-9-16-33-17-19-34(20-18-33)26-14-8-12-24(30)22(26)3/h6-8,11-14H,5,9-10,15-20H2,1-4H3,(H,31,36). The summed E-state index contributed by atoms with van der Waals surface area (Å²) in [5.41, 5.74) is 6.09. The fraction of sp³-hybridized carbons (Fsp3) is 0.448. The smallest absolute Gasteiger partial charge is 0.271 e. The van der Waals surface area contributed by atoms with Gasteiger partial charge in [0.1, 0.15) is 11.5 Å². The SMILES string of the molecule is CCCc1nc(C(=O)NCCCN2CCN(c3cccc(Cl)c3C)CC2)c(C)n1-c1ccccc1C. The normalized spacial score (nSPS) is 14.3. The first-order valence-electron chi connectivity index (χ1n) is 13.1. The maximum absolute atomic E-state index is 13.0. The van der Waals surface area contributed by atoms with Gasteiger partial charge < -0.3 is 10.2 Å². The number of carbonyl (C=O) groups excluding carboxylic acids is 1. The van der Waals surface area contributed by atoms with E-state index >= 15 is 0 Å². The predicted molar refractivity (Wildman–Crippen MR) is 149 cm³/mol. The van der Waals surface area contributed by atoms with Gasteiger partial charge in [0.05, 0.1) is 5.69 Å². The van der Waals surface area contributed by atoms with Crippen molar-refractivity contribution in [2.24, 2.45) is 0 Å². The van der Waals surface area contributed by atoms with E-state index < -0.39 is 0 Å². The Morgan fingerprint density at radius 1 is 1.00 bits per heavy atom. The molecule has 192 valence electrons. The molecule has 1 saturated heterocycles. The van der Waals surface area contributed by atoms with Crippen LogP contribution >= 0.6 is 11.6 Å². The van der Waals surface area contributed by atoms with Crippen LogP contribution in [0.5, 0.6) is 0 Å². The number of aryl methyl sites for hydroxylation is 2. The van der Waals surface area contributed by atoms with Gasteiger partial charge >= 0.3 is 0 Å². The summed E-state index contributed by atoms with van der Waals surface area (Å²) in [4.78, 5) is 22.7.